The van der Waals surface area contributed by atoms with Crippen LogP contribution in [-0.4, -0.2) is 50.0 Å². The highest BCUT2D eigenvalue weighted by molar-refractivity contribution is 6.05. The molecular weight excluding hydrogens is 368 g/mol. The predicted octanol–water partition coefficient (Wildman–Crippen LogP) is 3.05. The number of ether oxygens (including phenoxy) is 1. The van der Waals surface area contributed by atoms with Gasteiger partial charge in [-0.3, -0.25) is 4.68 Å². The van der Waals surface area contributed by atoms with Crippen LogP contribution in [0, 0.1) is 6.92 Å². The summed E-state index contributed by atoms with van der Waals surface area (Å²) in [5.74, 6) is 0.763. The molecule has 0 saturated carbocycles. The molecule has 1 saturated heterocycles. The van der Waals surface area contributed by atoms with Crippen LogP contribution in [0.4, 0.5) is 5.69 Å². The number of piperidine rings is 1. The Bertz CT molecular complexity index is 1040. The van der Waals surface area contributed by atoms with Gasteiger partial charge in [0.25, 0.3) is 0 Å². The van der Waals surface area contributed by atoms with Crippen molar-refractivity contribution in [1.82, 2.24) is 24.3 Å². The van der Waals surface area contributed by atoms with Crippen molar-refractivity contribution >= 4 is 22.7 Å². The van der Waals surface area contributed by atoms with E-state index in [0.717, 1.165) is 60.6 Å². The van der Waals surface area contributed by atoms with Gasteiger partial charge in [0.15, 0.2) is 5.65 Å². The maximum atomic E-state index is 12.7. The summed E-state index contributed by atoms with van der Waals surface area (Å²) in [5, 5.41) is 5.48. The van der Waals surface area contributed by atoms with Crippen LogP contribution in [0.25, 0.3) is 11.0 Å². The fourth-order valence-electron chi connectivity index (χ4n) is 4.41. The van der Waals surface area contributed by atoms with Crippen molar-refractivity contribution in [2.24, 2.45) is 7.05 Å². The summed E-state index contributed by atoms with van der Waals surface area (Å²) in [6, 6.07) is 0.316. The summed E-state index contributed by atoms with van der Waals surface area (Å²) in [6.07, 6.45) is 8.61. The van der Waals surface area contributed by atoms with Crippen molar-refractivity contribution in [2.45, 2.75) is 46.1 Å². The quantitative estimate of drug-likeness (QED) is 0.617. The van der Waals surface area contributed by atoms with Gasteiger partial charge in [-0.25, -0.2) is 14.8 Å². The van der Waals surface area contributed by atoms with Crippen molar-refractivity contribution in [2.75, 3.05) is 24.6 Å². The summed E-state index contributed by atoms with van der Waals surface area (Å²) in [6.45, 7) is 7.94. The van der Waals surface area contributed by atoms with Crippen molar-refractivity contribution < 1.29 is 9.53 Å². The van der Waals surface area contributed by atoms with Crippen molar-refractivity contribution in [1.29, 1.82) is 0 Å². The first-order valence-corrected chi connectivity index (χ1v) is 10.3. The maximum absolute atomic E-state index is 12.7. The molecule has 4 rings (SSSR count). The fraction of sp³-hybridized carbons (Fsp3) is 0.524. The van der Waals surface area contributed by atoms with Gasteiger partial charge in [-0.1, -0.05) is 6.92 Å². The first-order chi connectivity index (χ1) is 14.0. The zero-order valence-electron chi connectivity index (χ0n) is 17.6. The number of hydrogen-bond donors (Lipinski definition) is 0. The minimum atomic E-state index is -0.334. The smallest absolute Gasteiger partial charge is 0.341 e. The molecule has 3 aromatic heterocycles. The molecule has 4 heterocycles. The molecule has 0 aromatic carbocycles. The van der Waals surface area contributed by atoms with E-state index in [1.165, 1.54) is 0 Å². The molecule has 0 spiro atoms. The summed E-state index contributed by atoms with van der Waals surface area (Å²) < 4.78 is 9.40. The minimum Gasteiger partial charge on any atom is -0.462 e. The lowest BCUT2D eigenvalue weighted by Crippen LogP contribution is -2.38. The van der Waals surface area contributed by atoms with Gasteiger partial charge in [0, 0.05) is 45.1 Å². The molecule has 154 valence electrons. The second-order valence-corrected chi connectivity index (χ2v) is 7.49. The number of imidazole rings is 1. The highest BCUT2D eigenvalue weighted by Crippen LogP contribution is 2.36. The molecule has 8 heteroatoms. The molecule has 1 unspecified atom stereocenters. The van der Waals surface area contributed by atoms with Crippen LogP contribution in [0.15, 0.2) is 18.6 Å². The third-order valence-corrected chi connectivity index (χ3v) is 5.67. The molecule has 0 amide bonds. The fourth-order valence-corrected chi connectivity index (χ4v) is 4.41. The SMILES string of the molecule is CCOC(=O)c1cnc2c(c(C)nn2C)c1N1CCCC(n2ccnc2CC)C1. The molecule has 3 aromatic rings. The third kappa shape index (κ3) is 3.36. The summed E-state index contributed by atoms with van der Waals surface area (Å²) in [5.41, 5.74) is 3.05. The van der Waals surface area contributed by atoms with Gasteiger partial charge in [0.2, 0.25) is 0 Å². The average Bonchev–Trinajstić information content (AvgIpc) is 3.32. The molecule has 0 bridgehead atoms. The van der Waals surface area contributed by atoms with Gasteiger partial charge < -0.3 is 14.2 Å². The van der Waals surface area contributed by atoms with Crippen LogP contribution in [-0.2, 0) is 18.2 Å². The predicted molar refractivity (Wildman–Crippen MR) is 111 cm³/mol. The molecule has 0 N–H and O–H groups in total. The largest absolute Gasteiger partial charge is 0.462 e. The zero-order chi connectivity index (χ0) is 20.5. The molecule has 0 aliphatic carbocycles. The Morgan fingerprint density at radius 1 is 1.31 bits per heavy atom. The van der Waals surface area contributed by atoms with E-state index in [-0.39, 0.29) is 5.97 Å². The lowest BCUT2D eigenvalue weighted by Gasteiger charge is -2.36. The van der Waals surface area contributed by atoms with E-state index in [2.05, 4.69) is 37.7 Å². The molecule has 29 heavy (non-hydrogen) atoms. The number of aromatic nitrogens is 5. The Kier molecular flexibility index (Phi) is 5.25. The Hall–Kier alpha value is -2.90. The number of aryl methyl sites for hydroxylation is 3. The first kappa shape index (κ1) is 19.4. The lowest BCUT2D eigenvalue weighted by atomic mass is 10.0. The molecule has 1 aliphatic heterocycles. The molecule has 0 radical (unpaired) electrons. The highest BCUT2D eigenvalue weighted by Gasteiger charge is 2.29. The number of esters is 1. The number of hydrogen-bond acceptors (Lipinski definition) is 6. The zero-order valence-corrected chi connectivity index (χ0v) is 17.6. The topological polar surface area (TPSA) is 78.1 Å². The molecule has 8 nitrogen and oxygen atoms in total. The van der Waals surface area contributed by atoms with E-state index in [9.17, 15) is 4.79 Å². The Labute approximate surface area is 170 Å². The van der Waals surface area contributed by atoms with Gasteiger partial charge in [-0.15, -0.1) is 0 Å². The number of nitrogens with zero attached hydrogens (tertiary/aromatic N) is 6. The van der Waals surface area contributed by atoms with Crippen molar-refractivity contribution in [3.05, 3.63) is 35.7 Å². The third-order valence-electron chi connectivity index (χ3n) is 5.67. The van der Waals surface area contributed by atoms with Gasteiger partial charge in [0.05, 0.1) is 29.4 Å². The normalized spacial score (nSPS) is 17.1. The maximum Gasteiger partial charge on any atom is 0.341 e. The summed E-state index contributed by atoms with van der Waals surface area (Å²) >= 11 is 0. The average molecular weight is 396 g/mol. The van der Waals surface area contributed by atoms with Crippen LogP contribution in [0.5, 0.6) is 0 Å². The number of carbonyl (C=O) groups is 1. The van der Waals surface area contributed by atoms with E-state index in [1.807, 2.05) is 27.1 Å². The van der Waals surface area contributed by atoms with Crippen molar-refractivity contribution in [3.63, 3.8) is 0 Å². The van der Waals surface area contributed by atoms with E-state index in [0.29, 0.717) is 18.2 Å². The van der Waals surface area contributed by atoms with Crippen molar-refractivity contribution in [3.8, 4) is 0 Å². The van der Waals surface area contributed by atoms with Gasteiger partial charge in [-0.2, -0.15) is 5.10 Å². The molecule has 1 aliphatic rings. The van der Waals surface area contributed by atoms with E-state index < -0.39 is 0 Å². The van der Waals surface area contributed by atoms with Crippen LogP contribution in [0.1, 0.15) is 54.6 Å². The van der Waals surface area contributed by atoms with E-state index in [1.54, 1.807) is 10.9 Å². The van der Waals surface area contributed by atoms with Crippen LogP contribution >= 0.6 is 0 Å². The first-order valence-electron chi connectivity index (χ1n) is 10.3. The van der Waals surface area contributed by atoms with E-state index in [4.69, 9.17) is 4.74 Å². The second-order valence-electron chi connectivity index (χ2n) is 7.49. The van der Waals surface area contributed by atoms with Crippen LogP contribution in [0.3, 0.4) is 0 Å². The number of anilines is 1. The summed E-state index contributed by atoms with van der Waals surface area (Å²) in [7, 11) is 1.88. The Morgan fingerprint density at radius 2 is 2.14 bits per heavy atom. The number of rotatable bonds is 5. The van der Waals surface area contributed by atoms with Gasteiger partial charge >= 0.3 is 5.97 Å². The highest BCUT2D eigenvalue weighted by atomic mass is 16.5. The number of carbonyl (C=O) groups excluding carboxylic acids is 1. The molecular formula is C21H28N6O2. The molecule has 1 atom stereocenters. The van der Waals surface area contributed by atoms with E-state index >= 15 is 0 Å². The van der Waals surface area contributed by atoms with Gasteiger partial charge in [0.1, 0.15) is 11.4 Å². The Balaban J connectivity index is 1.80. The minimum absolute atomic E-state index is 0.316. The summed E-state index contributed by atoms with van der Waals surface area (Å²) in [4.78, 5) is 24.1. The molecule has 1 fully saturated rings. The second kappa shape index (κ2) is 7.85. The van der Waals surface area contributed by atoms with Crippen LogP contribution in [0.2, 0.25) is 0 Å². The standard InChI is InChI=1S/C21H28N6O2/c1-5-17-22-9-11-27(17)15-8-7-10-26(13-15)19-16(21(28)29-6-2)12-23-20-18(19)14(3)24-25(20)4/h9,11-12,15H,5-8,10,13H2,1-4H3. The lowest BCUT2D eigenvalue weighted by molar-refractivity contribution is 0.0526. The number of fused-ring (bicyclic) bond motifs is 1. The van der Waals surface area contributed by atoms with Gasteiger partial charge in [-0.05, 0) is 26.7 Å². The monoisotopic (exact) mass is 396 g/mol. The van der Waals surface area contributed by atoms with Crippen LogP contribution < -0.4 is 4.90 Å². The number of pyridine rings is 1. The Morgan fingerprint density at radius 3 is 2.90 bits per heavy atom.